The van der Waals surface area contributed by atoms with Gasteiger partial charge in [-0.25, -0.2) is 0 Å². The minimum absolute atomic E-state index is 0.355. The lowest BCUT2D eigenvalue weighted by molar-refractivity contribution is 0.389. The van der Waals surface area contributed by atoms with Gasteiger partial charge in [-0.05, 0) is 36.6 Å². The standard InChI is InChI=1S/C13H20BrNO/c1-9(2)10(3)7-15-8-11-6-12(14)4-5-13(11)16/h4-6,9-10,15-16H,7-8H2,1-3H3. The normalized spacial score (nSPS) is 13.1. The fourth-order valence-corrected chi connectivity index (χ4v) is 1.77. The first kappa shape index (κ1) is 13.5. The minimum Gasteiger partial charge on any atom is -0.508 e. The highest BCUT2D eigenvalue weighted by molar-refractivity contribution is 9.10. The van der Waals surface area contributed by atoms with Crippen molar-refractivity contribution in [2.45, 2.75) is 27.3 Å². The largest absolute Gasteiger partial charge is 0.508 e. The van der Waals surface area contributed by atoms with Crippen molar-refractivity contribution in [1.29, 1.82) is 0 Å². The van der Waals surface area contributed by atoms with E-state index in [0.717, 1.165) is 16.6 Å². The molecule has 2 N–H and O–H groups in total. The zero-order valence-corrected chi connectivity index (χ0v) is 11.7. The molecule has 0 fully saturated rings. The van der Waals surface area contributed by atoms with Crippen LogP contribution in [0.3, 0.4) is 0 Å². The van der Waals surface area contributed by atoms with Gasteiger partial charge in [0.1, 0.15) is 5.75 Å². The van der Waals surface area contributed by atoms with E-state index in [1.165, 1.54) is 0 Å². The van der Waals surface area contributed by atoms with Crippen molar-refractivity contribution in [2.75, 3.05) is 6.54 Å². The van der Waals surface area contributed by atoms with Gasteiger partial charge >= 0.3 is 0 Å². The van der Waals surface area contributed by atoms with Crippen LogP contribution in [0.4, 0.5) is 0 Å². The summed E-state index contributed by atoms with van der Waals surface area (Å²) in [6.45, 7) is 8.37. The van der Waals surface area contributed by atoms with Gasteiger partial charge in [0.2, 0.25) is 0 Å². The molecule has 16 heavy (non-hydrogen) atoms. The van der Waals surface area contributed by atoms with E-state index in [1.54, 1.807) is 6.07 Å². The zero-order chi connectivity index (χ0) is 12.1. The molecule has 1 aromatic carbocycles. The highest BCUT2D eigenvalue weighted by atomic mass is 79.9. The van der Waals surface area contributed by atoms with E-state index in [-0.39, 0.29) is 0 Å². The van der Waals surface area contributed by atoms with Crippen LogP contribution in [0.1, 0.15) is 26.3 Å². The first-order chi connectivity index (χ1) is 7.50. The Kier molecular flexibility index (Phi) is 5.29. The molecule has 0 aliphatic heterocycles. The van der Waals surface area contributed by atoms with E-state index in [1.807, 2.05) is 12.1 Å². The smallest absolute Gasteiger partial charge is 0.120 e. The van der Waals surface area contributed by atoms with Gasteiger partial charge in [-0.2, -0.15) is 0 Å². The van der Waals surface area contributed by atoms with Crippen LogP contribution in [0.2, 0.25) is 0 Å². The fraction of sp³-hybridized carbons (Fsp3) is 0.538. The molecule has 1 unspecified atom stereocenters. The zero-order valence-electron chi connectivity index (χ0n) is 10.1. The monoisotopic (exact) mass is 285 g/mol. The maximum Gasteiger partial charge on any atom is 0.120 e. The summed E-state index contributed by atoms with van der Waals surface area (Å²) >= 11 is 3.40. The number of benzene rings is 1. The molecule has 0 aliphatic rings. The molecule has 1 rings (SSSR count). The van der Waals surface area contributed by atoms with Gasteiger partial charge in [-0.1, -0.05) is 36.7 Å². The van der Waals surface area contributed by atoms with Crippen LogP contribution in [0, 0.1) is 11.8 Å². The molecule has 0 heterocycles. The van der Waals surface area contributed by atoms with Gasteiger partial charge in [-0.3, -0.25) is 0 Å². The average Bonchev–Trinajstić information content (AvgIpc) is 2.22. The van der Waals surface area contributed by atoms with Crippen molar-refractivity contribution in [2.24, 2.45) is 11.8 Å². The molecule has 2 nitrogen and oxygen atoms in total. The molecule has 90 valence electrons. The van der Waals surface area contributed by atoms with Crippen LogP contribution in [0.15, 0.2) is 22.7 Å². The van der Waals surface area contributed by atoms with E-state index in [2.05, 4.69) is 42.0 Å². The van der Waals surface area contributed by atoms with Crippen LogP contribution in [0.25, 0.3) is 0 Å². The quantitative estimate of drug-likeness (QED) is 0.867. The summed E-state index contributed by atoms with van der Waals surface area (Å²) in [6, 6.07) is 5.50. The molecule has 0 aliphatic carbocycles. The van der Waals surface area contributed by atoms with Gasteiger partial charge in [0.15, 0.2) is 0 Å². The predicted molar refractivity (Wildman–Crippen MR) is 71.5 cm³/mol. The van der Waals surface area contributed by atoms with Gasteiger partial charge in [0, 0.05) is 16.6 Å². The molecule has 0 spiro atoms. The Labute approximate surface area is 106 Å². The first-order valence-corrected chi connectivity index (χ1v) is 6.48. The Morgan fingerprint density at radius 2 is 2.00 bits per heavy atom. The summed E-state index contributed by atoms with van der Waals surface area (Å²) < 4.78 is 0.999. The number of nitrogens with one attached hydrogen (secondary N) is 1. The SMILES string of the molecule is CC(C)C(C)CNCc1cc(Br)ccc1O. The first-order valence-electron chi connectivity index (χ1n) is 5.68. The fourth-order valence-electron chi connectivity index (χ4n) is 1.37. The van der Waals surface area contributed by atoms with E-state index < -0.39 is 0 Å². The predicted octanol–water partition coefficient (Wildman–Crippen LogP) is 3.54. The second kappa shape index (κ2) is 6.26. The molecular weight excluding hydrogens is 266 g/mol. The van der Waals surface area contributed by atoms with Crippen LogP contribution in [0.5, 0.6) is 5.75 Å². The molecule has 0 saturated heterocycles. The Bertz CT molecular complexity index is 339. The van der Waals surface area contributed by atoms with E-state index in [9.17, 15) is 5.11 Å². The van der Waals surface area contributed by atoms with Crippen molar-refractivity contribution in [3.63, 3.8) is 0 Å². The van der Waals surface area contributed by atoms with Crippen molar-refractivity contribution >= 4 is 15.9 Å². The number of phenols is 1. The molecule has 1 aromatic rings. The van der Waals surface area contributed by atoms with Gasteiger partial charge in [0.25, 0.3) is 0 Å². The van der Waals surface area contributed by atoms with E-state index >= 15 is 0 Å². The van der Waals surface area contributed by atoms with E-state index in [4.69, 9.17) is 0 Å². The minimum atomic E-state index is 0.355. The Morgan fingerprint density at radius 1 is 1.31 bits per heavy atom. The maximum atomic E-state index is 9.65. The van der Waals surface area contributed by atoms with Gasteiger partial charge in [0.05, 0.1) is 0 Å². The number of rotatable bonds is 5. The highest BCUT2D eigenvalue weighted by Gasteiger charge is 2.07. The topological polar surface area (TPSA) is 32.3 Å². The van der Waals surface area contributed by atoms with Crippen molar-refractivity contribution in [3.8, 4) is 5.75 Å². The summed E-state index contributed by atoms with van der Waals surface area (Å²) in [5, 5.41) is 13.0. The molecule has 0 saturated carbocycles. The summed E-state index contributed by atoms with van der Waals surface area (Å²) in [6.07, 6.45) is 0. The molecular formula is C13H20BrNO. The molecule has 0 aromatic heterocycles. The third kappa shape index (κ3) is 4.14. The Balaban J connectivity index is 2.45. The van der Waals surface area contributed by atoms with Gasteiger partial charge in [-0.15, -0.1) is 0 Å². The van der Waals surface area contributed by atoms with Crippen LogP contribution >= 0.6 is 15.9 Å². The second-order valence-electron chi connectivity index (χ2n) is 4.63. The number of halogens is 1. The third-order valence-corrected chi connectivity index (χ3v) is 3.45. The summed E-state index contributed by atoms with van der Waals surface area (Å²) in [5.74, 6) is 1.69. The van der Waals surface area contributed by atoms with Crippen molar-refractivity contribution < 1.29 is 5.11 Å². The summed E-state index contributed by atoms with van der Waals surface area (Å²) in [5.41, 5.74) is 0.935. The van der Waals surface area contributed by atoms with Gasteiger partial charge < -0.3 is 10.4 Å². The average molecular weight is 286 g/mol. The number of hydrogen-bond acceptors (Lipinski definition) is 2. The summed E-state index contributed by atoms with van der Waals surface area (Å²) in [7, 11) is 0. The Morgan fingerprint density at radius 3 is 2.62 bits per heavy atom. The maximum absolute atomic E-state index is 9.65. The third-order valence-electron chi connectivity index (χ3n) is 2.96. The molecule has 1 atom stereocenters. The van der Waals surface area contributed by atoms with Crippen LogP contribution < -0.4 is 5.32 Å². The lowest BCUT2D eigenvalue weighted by Crippen LogP contribution is -2.23. The van der Waals surface area contributed by atoms with E-state index in [0.29, 0.717) is 24.1 Å². The molecule has 0 amide bonds. The second-order valence-corrected chi connectivity index (χ2v) is 5.54. The van der Waals surface area contributed by atoms with Crippen molar-refractivity contribution in [1.82, 2.24) is 5.32 Å². The number of hydrogen-bond donors (Lipinski definition) is 2. The van der Waals surface area contributed by atoms with Crippen LogP contribution in [-0.4, -0.2) is 11.7 Å². The lowest BCUT2D eigenvalue weighted by Gasteiger charge is -2.16. The number of phenolic OH excluding ortho intramolecular Hbond substituents is 1. The molecule has 0 radical (unpaired) electrons. The Hall–Kier alpha value is -0.540. The highest BCUT2D eigenvalue weighted by Crippen LogP contribution is 2.21. The van der Waals surface area contributed by atoms with Crippen molar-refractivity contribution in [3.05, 3.63) is 28.2 Å². The summed E-state index contributed by atoms with van der Waals surface area (Å²) in [4.78, 5) is 0. The van der Waals surface area contributed by atoms with Crippen LogP contribution in [-0.2, 0) is 6.54 Å². The number of aromatic hydroxyl groups is 1. The molecule has 0 bridgehead atoms. The molecule has 3 heteroatoms. The lowest BCUT2D eigenvalue weighted by atomic mass is 9.98.